The van der Waals surface area contributed by atoms with Gasteiger partial charge in [0.1, 0.15) is 5.82 Å². The highest BCUT2D eigenvalue weighted by Gasteiger charge is 2.26. The van der Waals surface area contributed by atoms with Crippen molar-refractivity contribution in [1.29, 1.82) is 0 Å². The highest BCUT2D eigenvalue weighted by molar-refractivity contribution is 7.98. The van der Waals surface area contributed by atoms with E-state index in [1.807, 2.05) is 30.3 Å². The van der Waals surface area contributed by atoms with Gasteiger partial charge in [0.05, 0.1) is 32.7 Å². The summed E-state index contributed by atoms with van der Waals surface area (Å²) < 4.78 is 17.9. The van der Waals surface area contributed by atoms with E-state index < -0.39 is 0 Å². The first-order valence-electron chi connectivity index (χ1n) is 9.01. The molecule has 1 N–H and O–H groups in total. The summed E-state index contributed by atoms with van der Waals surface area (Å²) in [6.07, 6.45) is 0. The van der Waals surface area contributed by atoms with Crippen LogP contribution in [0.2, 0.25) is 0 Å². The Bertz CT molecular complexity index is 1020. The van der Waals surface area contributed by atoms with Crippen molar-refractivity contribution in [3.63, 3.8) is 0 Å². The van der Waals surface area contributed by atoms with Crippen molar-refractivity contribution in [2.24, 2.45) is 0 Å². The molecule has 0 saturated heterocycles. The number of nitrogens with one attached hydrogen (secondary N) is 1. The van der Waals surface area contributed by atoms with Gasteiger partial charge in [0.25, 0.3) is 5.91 Å². The van der Waals surface area contributed by atoms with Gasteiger partial charge in [-0.05, 0) is 24.3 Å². The molecule has 0 saturated carbocycles. The molecule has 7 nitrogen and oxygen atoms in total. The van der Waals surface area contributed by atoms with E-state index in [2.05, 4.69) is 5.32 Å². The molecular weight excluding hydrogens is 390 g/mol. The third-order valence-electron chi connectivity index (χ3n) is 4.71. The zero-order valence-corrected chi connectivity index (χ0v) is 17.2. The predicted octanol–water partition coefficient (Wildman–Crippen LogP) is 3.90. The molecule has 0 unspecified atom stereocenters. The number of methoxy groups -OCH3 is 3. The third-order valence-corrected chi connectivity index (χ3v) is 5.68. The van der Waals surface area contributed by atoms with Crippen molar-refractivity contribution in [2.45, 2.75) is 11.5 Å². The smallest absolute Gasteiger partial charge is 0.257 e. The van der Waals surface area contributed by atoms with Crippen LogP contribution in [0.3, 0.4) is 0 Å². The summed E-state index contributed by atoms with van der Waals surface area (Å²) in [6, 6.07) is 13.0. The Morgan fingerprint density at radius 1 is 1.03 bits per heavy atom. The minimum absolute atomic E-state index is 0.277. The van der Waals surface area contributed by atoms with Crippen LogP contribution in [0.25, 0.3) is 5.69 Å². The maximum atomic E-state index is 13.1. The minimum Gasteiger partial charge on any atom is -0.493 e. The molecule has 1 amide bonds. The number of thioether (sulfide) groups is 1. The molecule has 0 aliphatic carbocycles. The van der Waals surface area contributed by atoms with E-state index in [-0.39, 0.29) is 5.91 Å². The Morgan fingerprint density at radius 3 is 2.34 bits per heavy atom. The second-order valence-corrected chi connectivity index (χ2v) is 7.37. The lowest BCUT2D eigenvalue weighted by Crippen LogP contribution is -2.16. The van der Waals surface area contributed by atoms with Crippen LogP contribution >= 0.6 is 11.8 Å². The Hall–Kier alpha value is -3.13. The van der Waals surface area contributed by atoms with Gasteiger partial charge in [0, 0.05) is 22.6 Å². The molecule has 1 aromatic heterocycles. The van der Waals surface area contributed by atoms with Crippen LogP contribution in [-0.4, -0.2) is 37.0 Å². The lowest BCUT2D eigenvalue weighted by Gasteiger charge is -2.15. The summed E-state index contributed by atoms with van der Waals surface area (Å²) >= 11 is 1.78. The molecule has 29 heavy (non-hydrogen) atoms. The first-order chi connectivity index (χ1) is 14.2. The molecule has 2 aromatic carbocycles. The number of carbonyl (C=O) groups excluding carboxylic acids is 1. The lowest BCUT2D eigenvalue weighted by molar-refractivity contribution is 0.102. The van der Waals surface area contributed by atoms with Gasteiger partial charge < -0.3 is 19.5 Å². The van der Waals surface area contributed by atoms with Crippen molar-refractivity contribution in [1.82, 2.24) is 9.78 Å². The van der Waals surface area contributed by atoms with Crippen LogP contribution in [0.15, 0.2) is 42.5 Å². The van der Waals surface area contributed by atoms with E-state index in [4.69, 9.17) is 19.3 Å². The molecule has 0 spiro atoms. The van der Waals surface area contributed by atoms with Gasteiger partial charge in [-0.15, -0.1) is 0 Å². The van der Waals surface area contributed by atoms with Gasteiger partial charge in [0.15, 0.2) is 11.5 Å². The van der Waals surface area contributed by atoms with E-state index >= 15 is 0 Å². The van der Waals surface area contributed by atoms with Crippen LogP contribution in [-0.2, 0) is 11.5 Å². The fourth-order valence-corrected chi connectivity index (χ4v) is 4.32. The fraction of sp³-hybridized carbons (Fsp3) is 0.238. The summed E-state index contributed by atoms with van der Waals surface area (Å²) in [5, 5.41) is 7.76. The van der Waals surface area contributed by atoms with Crippen molar-refractivity contribution in [3.8, 4) is 22.9 Å². The molecule has 4 rings (SSSR count). The molecular formula is C21H21N3O4S. The quantitative estimate of drug-likeness (QED) is 0.663. The highest BCUT2D eigenvalue weighted by Crippen LogP contribution is 2.39. The summed E-state index contributed by atoms with van der Waals surface area (Å²) in [7, 11) is 4.57. The Balaban J connectivity index is 1.73. The largest absolute Gasteiger partial charge is 0.493 e. The van der Waals surface area contributed by atoms with Gasteiger partial charge in [-0.3, -0.25) is 4.79 Å². The maximum absolute atomic E-state index is 13.1. The molecule has 3 aromatic rings. The van der Waals surface area contributed by atoms with Crippen LogP contribution in [0.5, 0.6) is 17.2 Å². The lowest BCUT2D eigenvalue weighted by atomic mass is 10.1. The van der Waals surface area contributed by atoms with E-state index in [1.165, 1.54) is 21.3 Å². The first-order valence-corrected chi connectivity index (χ1v) is 10.2. The second-order valence-electron chi connectivity index (χ2n) is 6.38. The number of carbonyl (C=O) groups is 1. The fourth-order valence-electron chi connectivity index (χ4n) is 3.29. The van der Waals surface area contributed by atoms with Crippen molar-refractivity contribution in [3.05, 3.63) is 59.3 Å². The number of benzene rings is 2. The molecule has 150 valence electrons. The number of hydrogen-bond acceptors (Lipinski definition) is 6. The number of aromatic nitrogens is 2. The van der Waals surface area contributed by atoms with Gasteiger partial charge >= 0.3 is 0 Å². The van der Waals surface area contributed by atoms with E-state index in [1.54, 1.807) is 28.6 Å². The SMILES string of the molecule is COc1cc(C(=O)Nc2c3c(nn2-c2ccccc2)CSC3)cc(OC)c1OC. The molecule has 8 heteroatoms. The van der Waals surface area contributed by atoms with E-state index in [0.29, 0.717) is 28.6 Å². The van der Waals surface area contributed by atoms with Crippen molar-refractivity contribution >= 4 is 23.5 Å². The van der Waals surface area contributed by atoms with Crippen LogP contribution in [0.1, 0.15) is 21.6 Å². The minimum atomic E-state index is -0.277. The van der Waals surface area contributed by atoms with Crippen LogP contribution in [0, 0.1) is 0 Å². The molecule has 1 aliphatic heterocycles. The average molecular weight is 411 g/mol. The van der Waals surface area contributed by atoms with Gasteiger partial charge in [-0.25, -0.2) is 4.68 Å². The van der Waals surface area contributed by atoms with E-state index in [9.17, 15) is 4.79 Å². The van der Waals surface area contributed by atoms with Gasteiger partial charge in [-0.2, -0.15) is 16.9 Å². The van der Waals surface area contributed by atoms with Crippen molar-refractivity contribution in [2.75, 3.05) is 26.6 Å². The molecule has 2 heterocycles. The number of hydrogen-bond donors (Lipinski definition) is 1. The predicted molar refractivity (Wildman–Crippen MR) is 113 cm³/mol. The molecule has 0 radical (unpaired) electrons. The number of anilines is 1. The molecule has 0 fully saturated rings. The number of para-hydroxylation sites is 1. The number of amides is 1. The number of nitrogens with zero attached hydrogens (tertiary/aromatic N) is 2. The maximum Gasteiger partial charge on any atom is 0.257 e. The Morgan fingerprint density at radius 2 is 1.72 bits per heavy atom. The zero-order valence-electron chi connectivity index (χ0n) is 16.4. The standard InChI is InChI=1S/C21H21N3O4S/c1-26-17-9-13(10-18(27-2)19(17)28-3)21(25)22-20-15-11-29-12-16(15)23-24(20)14-7-5-4-6-8-14/h4-10H,11-12H2,1-3H3,(H,22,25). The van der Waals surface area contributed by atoms with Crippen LogP contribution in [0.4, 0.5) is 5.82 Å². The zero-order chi connectivity index (χ0) is 20.4. The summed E-state index contributed by atoms with van der Waals surface area (Å²) in [5.41, 5.74) is 3.35. The molecule has 0 bridgehead atoms. The number of rotatable bonds is 6. The normalized spacial score (nSPS) is 12.4. The first kappa shape index (κ1) is 19.2. The van der Waals surface area contributed by atoms with Gasteiger partial charge in [-0.1, -0.05) is 18.2 Å². The van der Waals surface area contributed by atoms with Crippen molar-refractivity contribution < 1.29 is 19.0 Å². The summed E-state index contributed by atoms with van der Waals surface area (Å²) in [4.78, 5) is 13.1. The number of ether oxygens (including phenoxy) is 3. The topological polar surface area (TPSA) is 74.6 Å². The van der Waals surface area contributed by atoms with E-state index in [0.717, 1.165) is 28.5 Å². The van der Waals surface area contributed by atoms with Crippen LogP contribution < -0.4 is 19.5 Å². The highest BCUT2D eigenvalue weighted by atomic mass is 32.2. The van der Waals surface area contributed by atoms with Gasteiger partial charge in [0.2, 0.25) is 5.75 Å². The average Bonchev–Trinajstić information content (AvgIpc) is 3.35. The molecule has 0 atom stereocenters. The monoisotopic (exact) mass is 411 g/mol. The number of fused-ring (bicyclic) bond motifs is 1. The Labute approximate surface area is 173 Å². The summed E-state index contributed by atoms with van der Waals surface area (Å²) in [5.74, 6) is 3.35. The summed E-state index contributed by atoms with van der Waals surface area (Å²) in [6.45, 7) is 0. The second kappa shape index (κ2) is 8.08. The third kappa shape index (κ3) is 3.51. The molecule has 1 aliphatic rings. The Kier molecular flexibility index (Phi) is 5.35.